The number of nitrogens with one attached hydrogen (secondary N) is 3. The maximum atomic E-state index is 13.2. The highest BCUT2D eigenvalue weighted by molar-refractivity contribution is 6.00. The lowest BCUT2D eigenvalue weighted by atomic mass is 9.83. The molecule has 0 spiro atoms. The van der Waals surface area contributed by atoms with Crippen molar-refractivity contribution in [3.63, 3.8) is 0 Å². The minimum Gasteiger partial charge on any atom is -0.390 e. The minimum absolute atomic E-state index is 0.0896. The zero-order chi connectivity index (χ0) is 24.0. The summed E-state index contributed by atoms with van der Waals surface area (Å²) in [6.45, 7) is 1.81. The van der Waals surface area contributed by atoms with Crippen LogP contribution in [0.5, 0.6) is 0 Å². The molecule has 2 aliphatic rings. The van der Waals surface area contributed by atoms with Gasteiger partial charge in [-0.3, -0.25) is 9.59 Å². The van der Waals surface area contributed by atoms with Gasteiger partial charge in [0, 0.05) is 31.8 Å². The number of hydrogen-bond donors (Lipinski definition) is 4. The third-order valence-corrected chi connectivity index (χ3v) is 6.56. The van der Waals surface area contributed by atoms with Crippen molar-refractivity contribution in [3.05, 3.63) is 46.5 Å². The predicted molar refractivity (Wildman–Crippen MR) is 125 cm³/mol. The third kappa shape index (κ3) is 4.23. The molecule has 11 heteroatoms. The van der Waals surface area contributed by atoms with Crippen LogP contribution in [0.1, 0.15) is 55.4 Å². The topological polar surface area (TPSA) is 126 Å². The molecule has 3 heterocycles. The van der Waals surface area contributed by atoms with Crippen LogP contribution in [0.3, 0.4) is 0 Å². The lowest BCUT2D eigenvalue weighted by Crippen LogP contribution is -2.36. The molecule has 3 aromatic heterocycles. The third-order valence-electron chi connectivity index (χ3n) is 6.56. The fourth-order valence-electron chi connectivity index (χ4n) is 4.62. The van der Waals surface area contributed by atoms with E-state index in [2.05, 4.69) is 26.0 Å². The lowest BCUT2D eigenvalue weighted by Gasteiger charge is -2.34. The summed E-state index contributed by atoms with van der Waals surface area (Å²) in [5.41, 5.74) is -0.180. The molecule has 180 valence electrons. The van der Waals surface area contributed by atoms with Crippen LogP contribution in [0.15, 0.2) is 35.4 Å². The van der Waals surface area contributed by atoms with Crippen molar-refractivity contribution in [2.45, 2.75) is 62.9 Å². The first kappa shape index (κ1) is 22.3. The quantitative estimate of drug-likeness (QED) is 0.437. The number of carbonyl (C=O) groups is 1. The van der Waals surface area contributed by atoms with Gasteiger partial charge >= 0.3 is 0 Å². The monoisotopic (exact) mass is 469 g/mol. The maximum Gasteiger partial charge on any atom is 0.274 e. The Balaban J connectivity index is 1.46. The van der Waals surface area contributed by atoms with Crippen LogP contribution in [-0.2, 0) is 0 Å². The summed E-state index contributed by atoms with van der Waals surface area (Å²) in [5, 5.41) is 23.4. The zero-order valence-corrected chi connectivity index (χ0v) is 19.1. The summed E-state index contributed by atoms with van der Waals surface area (Å²) in [6.07, 6.45) is 5.33. The molecule has 1 unspecified atom stereocenters. The van der Waals surface area contributed by atoms with Crippen LogP contribution in [0, 0.1) is 0 Å². The number of hydrogen-bond acceptors (Lipinski definition) is 7. The Kier molecular flexibility index (Phi) is 5.51. The molecule has 10 nitrogen and oxygen atoms in total. The molecule has 5 rings (SSSR count). The number of nitrogens with zero attached hydrogens (tertiary/aromatic N) is 4. The van der Waals surface area contributed by atoms with Gasteiger partial charge in [-0.25, -0.2) is 9.37 Å². The minimum atomic E-state index is -1.02. The lowest BCUT2D eigenvalue weighted by molar-refractivity contribution is 0.00334. The van der Waals surface area contributed by atoms with Crippen LogP contribution in [0.4, 0.5) is 21.7 Å². The smallest absolute Gasteiger partial charge is 0.274 e. The molecular formula is C23H28FN7O3. The van der Waals surface area contributed by atoms with E-state index >= 15 is 0 Å². The second-order valence-electron chi connectivity index (χ2n) is 9.41. The number of pyridine rings is 1. The molecule has 1 amide bonds. The first-order valence-corrected chi connectivity index (χ1v) is 11.5. The van der Waals surface area contributed by atoms with E-state index in [-0.39, 0.29) is 22.8 Å². The summed E-state index contributed by atoms with van der Waals surface area (Å²) in [6, 6.07) is 4.57. The number of rotatable bonds is 6. The van der Waals surface area contributed by atoms with E-state index in [1.165, 1.54) is 10.7 Å². The van der Waals surface area contributed by atoms with Gasteiger partial charge < -0.3 is 25.6 Å². The van der Waals surface area contributed by atoms with E-state index in [0.717, 1.165) is 19.3 Å². The van der Waals surface area contributed by atoms with Crippen LogP contribution >= 0.6 is 0 Å². The highest BCUT2D eigenvalue weighted by atomic mass is 19.1. The van der Waals surface area contributed by atoms with Crippen molar-refractivity contribution >= 4 is 28.9 Å². The van der Waals surface area contributed by atoms with Crippen molar-refractivity contribution in [1.29, 1.82) is 0 Å². The van der Waals surface area contributed by atoms with Gasteiger partial charge in [0.25, 0.3) is 11.5 Å². The van der Waals surface area contributed by atoms with Gasteiger partial charge in [-0.15, -0.1) is 0 Å². The highest BCUT2D eigenvalue weighted by Gasteiger charge is 2.39. The standard InChI is InChI=1S/C23H28FN7O3/c1-23(34)7-3-5-13(11-23)30-8-4-6-16(22(30)33)27-18-10-19(25-2)31-20(29-18)14(12-26-31)21(32)28-17-9-15(17)24/h4,6,8,10,12-13,15,17,25,34H,3,5,7,9,11H2,1-2H3,(H,27,29)(H,28,32)/t13?,15-,17+,23+/m0/s1. The van der Waals surface area contributed by atoms with Crippen molar-refractivity contribution in [1.82, 2.24) is 24.5 Å². The molecule has 2 fully saturated rings. The first-order chi connectivity index (χ1) is 16.3. The summed E-state index contributed by atoms with van der Waals surface area (Å²) in [4.78, 5) is 30.4. The second kappa shape index (κ2) is 8.39. The molecule has 2 saturated carbocycles. The van der Waals surface area contributed by atoms with Gasteiger partial charge in [0.2, 0.25) is 0 Å². The van der Waals surface area contributed by atoms with E-state index in [0.29, 0.717) is 30.2 Å². The van der Waals surface area contributed by atoms with Crippen molar-refractivity contribution < 1.29 is 14.3 Å². The zero-order valence-electron chi connectivity index (χ0n) is 19.1. The fraction of sp³-hybridized carbons (Fsp3) is 0.478. The van der Waals surface area contributed by atoms with Crippen LogP contribution in [0.2, 0.25) is 0 Å². The Morgan fingerprint density at radius 3 is 2.88 bits per heavy atom. The van der Waals surface area contributed by atoms with E-state index < -0.39 is 23.7 Å². The van der Waals surface area contributed by atoms with E-state index in [1.54, 1.807) is 42.9 Å². The highest BCUT2D eigenvalue weighted by Crippen LogP contribution is 2.34. The molecule has 2 aliphatic carbocycles. The number of alkyl halides is 1. The summed E-state index contributed by atoms with van der Waals surface area (Å²) in [7, 11) is 1.71. The number of fused-ring (bicyclic) bond motifs is 1. The van der Waals surface area contributed by atoms with Crippen LogP contribution < -0.4 is 21.5 Å². The van der Waals surface area contributed by atoms with Gasteiger partial charge in [-0.1, -0.05) is 0 Å². The maximum absolute atomic E-state index is 13.2. The number of aliphatic hydroxyl groups is 1. The summed E-state index contributed by atoms with van der Waals surface area (Å²) >= 11 is 0. The molecule has 4 N–H and O–H groups in total. The predicted octanol–water partition coefficient (Wildman–Crippen LogP) is 2.38. The Morgan fingerprint density at radius 1 is 1.38 bits per heavy atom. The summed E-state index contributed by atoms with van der Waals surface area (Å²) < 4.78 is 16.4. The number of aromatic nitrogens is 4. The number of anilines is 3. The molecule has 0 aliphatic heterocycles. The van der Waals surface area contributed by atoms with Gasteiger partial charge in [0.1, 0.15) is 29.1 Å². The molecule has 0 bridgehead atoms. The van der Waals surface area contributed by atoms with E-state index in [4.69, 9.17) is 0 Å². The number of halogens is 1. The van der Waals surface area contributed by atoms with Crippen LogP contribution in [0.25, 0.3) is 5.65 Å². The largest absolute Gasteiger partial charge is 0.390 e. The van der Waals surface area contributed by atoms with Crippen LogP contribution in [-0.4, -0.2) is 55.0 Å². The number of carbonyl (C=O) groups excluding carboxylic acids is 1. The molecule has 0 saturated heterocycles. The van der Waals surface area contributed by atoms with Crippen molar-refractivity contribution in [3.8, 4) is 0 Å². The normalized spacial score (nSPS) is 26.3. The Bertz CT molecular complexity index is 1300. The average Bonchev–Trinajstić information content (AvgIpc) is 3.31. The van der Waals surface area contributed by atoms with Crippen molar-refractivity contribution in [2.75, 3.05) is 17.7 Å². The summed E-state index contributed by atoms with van der Waals surface area (Å²) in [5.74, 6) is 0.464. The SMILES string of the molecule is CNc1cc(Nc2cccn(C3CCC[C@@](C)(O)C3)c2=O)nc2c(C(=O)N[C@@H]3C[C@@H]3F)cnn12. The molecule has 34 heavy (non-hydrogen) atoms. The Morgan fingerprint density at radius 2 is 2.18 bits per heavy atom. The first-order valence-electron chi connectivity index (χ1n) is 11.5. The molecule has 0 aromatic carbocycles. The Hall–Kier alpha value is -3.47. The molecule has 0 radical (unpaired) electrons. The number of amides is 1. The molecule has 4 atom stereocenters. The van der Waals surface area contributed by atoms with E-state index in [9.17, 15) is 19.1 Å². The van der Waals surface area contributed by atoms with E-state index in [1.807, 2.05) is 0 Å². The second-order valence-corrected chi connectivity index (χ2v) is 9.41. The molecule has 3 aromatic rings. The molecular weight excluding hydrogens is 441 g/mol. The van der Waals surface area contributed by atoms with Gasteiger partial charge in [-0.05, 0) is 44.7 Å². The van der Waals surface area contributed by atoms with Gasteiger partial charge in [0.15, 0.2) is 5.65 Å². The Labute approximate surface area is 195 Å². The fourth-order valence-corrected chi connectivity index (χ4v) is 4.62. The van der Waals surface area contributed by atoms with Gasteiger partial charge in [0.05, 0.1) is 17.8 Å². The average molecular weight is 470 g/mol. The van der Waals surface area contributed by atoms with Crippen molar-refractivity contribution in [2.24, 2.45) is 0 Å². The van der Waals surface area contributed by atoms with Gasteiger partial charge in [-0.2, -0.15) is 9.61 Å².